The van der Waals surface area contributed by atoms with Gasteiger partial charge in [-0.15, -0.1) is 0 Å². The van der Waals surface area contributed by atoms with Gasteiger partial charge in [0.25, 0.3) is 5.91 Å². The Labute approximate surface area is 283 Å². The summed E-state index contributed by atoms with van der Waals surface area (Å²) in [6, 6.07) is 7.66. The molecule has 4 rings (SSSR count). The van der Waals surface area contributed by atoms with Crippen LogP contribution in [0.5, 0.6) is 0 Å². The van der Waals surface area contributed by atoms with Gasteiger partial charge in [-0.25, -0.2) is 14.8 Å². The van der Waals surface area contributed by atoms with E-state index in [1.807, 2.05) is 17.0 Å². The average molecular weight is 679 g/mol. The average Bonchev–Trinajstić information content (AvgIpc) is 3.06. The molecule has 0 spiro atoms. The molecule has 0 bridgehead atoms. The standard InChI is InChI=1S/C33H42N8O8/c1-33(2,3)49-32(47)40-23(8-9-27(43)44)30(45)36-13-10-20-4-6-21(7-5-20)24-17-37-29(34)28(38-24)31(46)39-25-16-35-12-11-26(25)41-14-15-48-19-22(41)18-42/h4-7,11-12,16-17,22-23,42H,8-10,13-15,18-19H2,1-3H3,(H2,34,37)(H,36,45)(H,39,46)(H,40,47)(H,43,44)/t22?,23-/m0/s1. The van der Waals surface area contributed by atoms with Crippen LogP contribution in [-0.4, -0.2) is 99.6 Å². The highest BCUT2D eigenvalue weighted by molar-refractivity contribution is 6.07. The number of anilines is 3. The molecule has 16 heteroatoms. The number of aliphatic hydroxyl groups excluding tert-OH is 1. The highest BCUT2D eigenvalue weighted by Crippen LogP contribution is 2.29. The number of hydrogen-bond acceptors (Lipinski definition) is 12. The van der Waals surface area contributed by atoms with E-state index in [0.29, 0.717) is 48.8 Å². The zero-order valence-corrected chi connectivity index (χ0v) is 27.6. The number of amides is 3. The number of aliphatic hydroxyl groups is 1. The minimum atomic E-state index is -1.09. The van der Waals surface area contributed by atoms with Gasteiger partial charge in [0.15, 0.2) is 11.5 Å². The van der Waals surface area contributed by atoms with Crippen molar-refractivity contribution in [1.29, 1.82) is 0 Å². The summed E-state index contributed by atoms with van der Waals surface area (Å²) in [5.74, 6) is -2.25. The van der Waals surface area contributed by atoms with Gasteiger partial charge >= 0.3 is 12.1 Å². The van der Waals surface area contributed by atoms with Crippen LogP contribution in [0.1, 0.15) is 49.7 Å². The van der Waals surface area contributed by atoms with Crippen LogP contribution in [0.15, 0.2) is 48.9 Å². The molecule has 1 aliphatic heterocycles. The molecule has 49 heavy (non-hydrogen) atoms. The number of aliphatic carboxylic acids is 1. The van der Waals surface area contributed by atoms with E-state index in [1.165, 1.54) is 12.4 Å². The number of nitrogen functional groups attached to an aromatic ring is 1. The second kappa shape index (κ2) is 16.7. The second-order valence-electron chi connectivity index (χ2n) is 12.3. The van der Waals surface area contributed by atoms with Crippen LogP contribution in [0.2, 0.25) is 0 Å². The van der Waals surface area contributed by atoms with Gasteiger partial charge in [0.1, 0.15) is 11.6 Å². The lowest BCUT2D eigenvalue weighted by Crippen LogP contribution is -2.48. The molecule has 2 atom stereocenters. The number of ether oxygens (including phenoxy) is 2. The van der Waals surface area contributed by atoms with Crippen molar-refractivity contribution in [1.82, 2.24) is 25.6 Å². The molecule has 0 radical (unpaired) electrons. The van der Waals surface area contributed by atoms with Gasteiger partial charge in [0.05, 0.1) is 55.3 Å². The number of rotatable bonds is 13. The van der Waals surface area contributed by atoms with Crippen LogP contribution < -0.4 is 26.6 Å². The third-order valence-corrected chi connectivity index (χ3v) is 7.43. The molecule has 0 saturated carbocycles. The van der Waals surface area contributed by atoms with Gasteiger partial charge in [-0.05, 0) is 45.2 Å². The molecule has 16 nitrogen and oxygen atoms in total. The van der Waals surface area contributed by atoms with Crippen LogP contribution in [-0.2, 0) is 25.5 Å². The lowest BCUT2D eigenvalue weighted by molar-refractivity contribution is -0.137. The molecule has 3 heterocycles. The molecule has 1 fully saturated rings. The summed E-state index contributed by atoms with van der Waals surface area (Å²) in [4.78, 5) is 64.2. The van der Waals surface area contributed by atoms with Crippen molar-refractivity contribution in [3.8, 4) is 11.3 Å². The van der Waals surface area contributed by atoms with E-state index >= 15 is 0 Å². The number of nitrogens with one attached hydrogen (secondary N) is 3. The van der Waals surface area contributed by atoms with E-state index in [2.05, 4.69) is 30.9 Å². The Hall–Kier alpha value is -5.35. The Balaban J connectivity index is 1.38. The topological polar surface area (TPSA) is 231 Å². The van der Waals surface area contributed by atoms with Crippen molar-refractivity contribution in [2.45, 2.75) is 57.7 Å². The number of pyridine rings is 1. The lowest BCUT2D eigenvalue weighted by Gasteiger charge is -2.37. The predicted octanol–water partition coefficient (Wildman–Crippen LogP) is 1.99. The minimum absolute atomic E-state index is 0.0542. The Morgan fingerprint density at radius 2 is 1.90 bits per heavy atom. The Bertz CT molecular complexity index is 1630. The highest BCUT2D eigenvalue weighted by Gasteiger charge is 2.27. The Morgan fingerprint density at radius 1 is 1.14 bits per heavy atom. The number of carbonyl (C=O) groups excluding carboxylic acids is 3. The van der Waals surface area contributed by atoms with Crippen LogP contribution in [0.4, 0.5) is 22.0 Å². The van der Waals surface area contributed by atoms with E-state index in [0.717, 1.165) is 5.56 Å². The lowest BCUT2D eigenvalue weighted by atomic mass is 10.1. The number of nitrogens with zero attached hydrogens (tertiary/aromatic N) is 4. The number of nitrogens with two attached hydrogens (primary N) is 1. The summed E-state index contributed by atoms with van der Waals surface area (Å²) in [7, 11) is 0. The number of carbonyl (C=O) groups is 4. The molecule has 1 saturated heterocycles. The number of benzene rings is 1. The van der Waals surface area contributed by atoms with Gasteiger partial charge in [-0.3, -0.25) is 19.4 Å². The monoisotopic (exact) mass is 678 g/mol. The van der Waals surface area contributed by atoms with E-state index in [-0.39, 0.29) is 43.5 Å². The van der Waals surface area contributed by atoms with Gasteiger partial charge < -0.3 is 46.3 Å². The quantitative estimate of drug-likeness (QED) is 0.152. The molecular weight excluding hydrogens is 636 g/mol. The zero-order chi connectivity index (χ0) is 35.6. The molecular formula is C33H42N8O8. The smallest absolute Gasteiger partial charge is 0.408 e. The summed E-state index contributed by atoms with van der Waals surface area (Å²) in [5, 5.41) is 26.9. The van der Waals surface area contributed by atoms with E-state index < -0.39 is 35.5 Å². The Kier molecular flexibility index (Phi) is 12.4. The molecule has 3 aromatic rings. The molecule has 7 N–H and O–H groups in total. The third kappa shape index (κ3) is 10.6. The minimum Gasteiger partial charge on any atom is -0.481 e. The SMILES string of the molecule is CC(C)(C)OC(=O)N[C@@H](CCC(=O)O)C(=O)NCCc1ccc(-c2cnc(N)c(C(=O)Nc3cnccc3N3CCOCC3CO)n2)cc1. The maximum Gasteiger partial charge on any atom is 0.408 e. The first kappa shape index (κ1) is 36.5. The normalized spacial score (nSPS) is 15.2. The largest absolute Gasteiger partial charge is 0.481 e. The molecule has 262 valence electrons. The number of morpholine rings is 1. The van der Waals surface area contributed by atoms with Gasteiger partial charge in [0.2, 0.25) is 5.91 Å². The van der Waals surface area contributed by atoms with Crippen LogP contribution in [0.3, 0.4) is 0 Å². The maximum absolute atomic E-state index is 13.4. The van der Waals surface area contributed by atoms with Crippen molar-refractivity contribution in [2.24, 2.45) is 0 Å². The number of carboxylic acids is 1. The number of aromatic nitrogens is 3. The summed E-state index contributed by atoms with van der Waals surface area (Å²) in [5.41, 5.74) is 8.26. The van der Waals surface area contributed by atoms with Crippen molar-refractivity contribution in [3.05, 3.63) is 60.2 Å². The van der Waals surface area contributed by atoms with Crippen molar-refractivity contribution in [2.75, 3.05) is 48.9 Å². The van der Waals surface area contributed by atoms with Crippen molar-refractivity contribution < 1.29 is 38.9 Å². The van der Waals surface area contributed by atoms with Gasteiger partial charge in [-0.2, -0.15) is 0 Å². The maximum atomic E-state index is 13.4. The van der Waals surface area contributed by atoms with Gasteiger partial charge in [0, 0.05) is 31.3 Å². The fourth-order valence-corrected chi connectivity index (χ4v) is 5.03. The fourth-order valence-electron chi connectivity index (χ4n) is 5.03. The van der Waals surface area contributed by atoms with Crippen LogP contribution >= 0.6 is 0 Å². The van der Waals surface area contributed by atoms with E-state index in [9.17, 15) is 24.3 Å². The molecule has 0 aliphatic carbocycles. The third-order valence-electron chi connectivity index (χ3n) is 7.43. The predicted molar refractivity (Wildman–Crippen MR) is 180 cm³/mol. The van der Waals surface area contributed by atoms with Crippen LogP contribution in [0, 0.1) is 0 Å². The molecule has 2 aromatic heterocycles. The van der Waals surface area contributed by atoms with Crippen LogP contribution in [0.25, 0.3) is 11.3 Å². The zero-order valence-electron chi connectivity index (χ0n) is 27.6. The summed E-state index contributed by atoms with van der Waals surface area (Å²) < 4.78 is 10.7. The summed E-state index contributed by atoms with van der Waals surface area (Å²) >= 11 is 0. The first-order valence-corrected chi connectivity index (χ1v) is 15.8. The molecule has 1 aliphatic rings. The number of carboxylic acid groups (broad SMARTS) is 1. The van der Waals surface area contributed by atoms with Crippen molar-refractivity contribution in [3.63, 3.8) is 0 Å². The molecule has 1 aromatic carbocycles. The summed E-state index contributed by atoms with van der Waals surface area (Å²) in [6.07, 6.45) is 3.80. The first-order valence-electron chi connectivity index (χ1n) is 15.8. The molecule has 1 unspecified atom stereocenters. The molecule has 3 amide bonds. The second-order valence-corrected chi connectivity index (χ2v) is 12.3. The van der Waals surface area contributed by atoms with E-state index in [4.69, 9.17) is 20.3 Å². The fraction of sp³-hybridized carbons (Fsp3) is 0.424. The number of alkyl carbamates (subject to hydrolysis) is 1. The van der Waals surface area contributed by atoms with Gasteiger partial charge in [-0.1, -0.05) is 24.3 Å². The highest BCUT2D eigenvalue weighted by atomic mass is 16.6. The van der Waals surface area contributed by atoms with Crippen molar-refractivity contribution >= 4 is 41.1 Å². The Morgan fingerprint density at radius 3 is 2.59 bits per heavy atom. The summed E-state index contributed by atoms with van der Waals surface area (Å²) in [6.45, 7) is 6.50. The first-order chi connectivity index (χ1) is 23.3. The number of hydrogen-bond donors (Lipinski definition) is 6. The van der Waals surface area contributed by atoms with E-state index in [1.54, 1.807) is 45.2 Å².